The number of hydrogen-bond donors (Lipinski definition) is 3. The molecule has 0 aromatic heterocycles. The Bertz CT molecular complexity index is 589. The van der Waals surface area contributed by atoms with E-state index in [1.165, 1.54) is 0 Å². The zero-order chi connectivity index (χ0) is 12.4. The molecule has 0 aliphatic carbocycles. The van der Waals surface area contributed by atoms with E-state index in [-0.39, 0.29) is 0 Å². The largest absolute Gasteiger partial charge is 0.398 e. The molecule has 0 bridgehead atoms. The van der Waals surface area contributed by atoms with Crippen molar-refractivity contribution in [3.63, 3.8) is 0 Å². The van der Waals surface area contributed by atoms with Gasteiger partial charge >= 0.3 is 0 Å². The molecule has 0 fully saturated rings. The first kappa shape index (κ1) is 11.4. The first-order chi connectivity index (χ1) is 8.15. The van der Waals surface area contributed by atoms with Crippen LogP contribution < -0.4 is 5.73 Å². The molecule has 0 radical (unpaired) electrons. The van der Waals surface area contributed by atoms with E-state index < -0.39 is 12.2 Å². The molecule has 4 nitrogen and oxygen atoms in total. The van der Waals surface area contributed by atoms with Gasteiger partial charge < -0.3 is 15.9 Å². The zero-order valence-electron chi connectivity index (χ0n) is 9.04. The molecule has 0 spiro atoms. The summed E-state index contributed by atoms with van der Waals surface area (Å²) in [5, 5.41) is 29.4. The van der Waals surface area contributed by atoms with Crippen molar-refractivity contribution >= 4 is 16.5 Å². The van der Waals surface area contributed by atoms with Gasteiger partial charge in [0.1, 0.15) is 6.10 Å². The van der Waals surface area contributed by atoms with Crippen LogP contribution in [0.4, 0.5) is 5.69 Å². The molecule has 2 aromatic rings. The van der Waals surface area contributed by atoms with Gasteiger partial charge in [-0.15, -0.1) is 0 Å². The minimum Gasteiger partial charge on any atom is -0.398 e. The molecule has 0 amide bonds. The number of benzene rings is 2. The van der Waals surface area contributed by atoms with Gasteiger partial charge in [-0.05, 0) is 17.0 Å². The number of hydrogen-bond acceptors (Lipinski definition) is 4. The number of rotatable bonds is 2. The number of nitrogens with zero attached hydrogens (tertiary/aromatic N) is 1. The number of fused-ring (bicyclic) bond motifs is 1. The summed E-state index contributed by atoms with van der Waals surface area (Å²) in [6.07, 6.45) is -2.67. The van der Waals surface area contributed by atoms with Crippen molar-refractivity contribution in [3.05, 3.63) is 42.0 Å². The monoisotopic (exact) mass is 228 g/mol. The van der Waals surface area contributed by atoms with Crippen LogP contribution in [-0.2, 0) is 0 Å². The van der Waals surface area contributed by atoms with Crippen LogP contribution in [0.25, 0.3) is 10.8 Å². The molecule has 0 aliphatic heterocycles. The van der Waals surface area contributed by atoms with Gasteiger partial charge in [0.2, 0.25) is 0 Å². The molecule has 2 aromatic carbocycles. The zero-order valence-corrected chi connectivity index (χ0v) is 9.04. The van der Waals surface area contributed by atoms with Crippen LogP contribution in [0.1, 0.15) is 11.7 Å². The van der Waals surface area contributed by atoms with Crippen molar-refractivity contribution in [2.45, 2.75) is 12.2 Å². The van der Waals surface area contributed by atoms with E-state index in [1.54, 1.807) is 24.3 Å². The van der Waals surface area contributed by atoms with Gasteiger partial charge in [-0.2, -0.15) is 5.26 Å². The lowest BCUT2D eigenvalue weighted by atomic mass is 9.97. The van der Waals surface area contributed by atoms with Gasteiger partial charge in [0.25, 0.3) is 0 Å². The molecule has 17 heavy (non-hydrogen) atoms. The molecule has 2 rings (SSSR count). The van der Waals surface area contributed by atoms with Crippen LogP contribution >= 0.6 is 0 Å². The van der Waals surface area contributed by atoms with Gasteiger partial charge in [0, 0.05) is 11.1 Å². The summed E-state index contributed by atoms with van der Waals surface area (Å²) in [4.78, 5) is 0. The molecule has 0 saturated heterocycles. The number of anilines is 1. The van der Waals surface area contributed by atoms with Crippen molar-refractivity contribution in [2.24, 2.45) is 0 Å². The maximum Gasteiger partial charge on any atom is 0.170 e. The number of nitriles is 1. The molecule has 0 saturated carbocycles. The topological polar surface area (TPSA) is 90.3 Å². The summed E-state index contributed by atoms with van der Waals surface area (Å²) in [7, 11) is 0. The predicted octanol–water partition coefficient (Wildman–Crippen LogP) is 1.34. The fourth-order valence-corrected chi connectivity index (χ4v) is 1.84. The normalized spacial score (nSPS) is 14.2. The molecular weight excluding hydrogens is 216 g/mol. The minimum atomic E-state index is -1.44. The fourth-order valence-electron chi connectivity index (χ4n) is 1.84. The van der Waals surface area contributed by atoms with Crippen LogP contribution in [-0.4, -0.2) is 16.3 Å². The molecule has 4 heteroatoms. The highest BCUT2D eigenvalue weighted by molar-refractivity contribution is 5.95. The first-order valence-electron chi connectivity index (χ1n) is 5.18. The maximum absolute atomic E-state index is 9.86. The highest BCUT2D eigenvalue weighted by atomic mass is 16.3. The lowest BCUT2D eigenvalue weighted by Gasteiger charge is -2.15. The summed E-state index contributed by atoms with van der Waals surface area (Å²) in [6.45, 7) is 0. The van der Waals surface area contributed by atoms with Crippen LogP contribution in [0.5, 0.6) is 0 Å². The lowest BCUT2D eigenvalue weighted by Crippen LogP contribution is -2.16. The average Bonchev–Trinajstić information content (AvgIpc) is 2.38. The summed E-state index contributed by atoms with van der Waals surface area (Å²) in [5.74, 6) is 0. The molecular formula is C13H12N2O2. The summed E-state index contributed by atoms with van der Waals surface area (Å²) in [6, 6.07) is 12.2. The van der Waals surface area contributed by atoms with Gasteiger partial charge in [0.05, 0.1) is 6.07 Å². The second-order valence-corrected chi connectivity index (χ2v) is 3.81. The van der Waals surface area contributed by atoms with Crippen LogP contribution in [0.2, 0.25) is 0 Å². The Labute approximate surface area is 98.5 Å². The van der Waals surface area contributed by atoms with Crippen LogP contribution in [0.15, 0.2) is 36.4 Å². The SMILES string of the molecule is N#CC(O)C(O)c1ccc(N)c2ccccc12. The average molecular weight is 228 g/mol. The maximum atomic E-state index is 9.86. The Morgan fingerprint density at radius 2 is 1.71 bits per heavy atom. The van der Waals surface area contributed by atoms with E-state index in [0.717, 1.165) is 10.8 Å². The third kappa shape index (κ3) is 1.94. The van der Waals surface area contributed by atoms with Crippen molar-refractivity contribution in [1.29, 1.82) is 5.26 Å². The van der Waals surface area contributed by atoms with Crippen molar-refractivity contribution < 1.29 is 10.2 Å². The number of nitrogens with two attached hydrogens (primary N) is 1. The summed E-state index contributed by atoms with van der Waals surface area (Å²) < 4.78 is 0. The van der Waals surface area contributed by atoms with Crippen molar-refractivity contribution in [1.82, 2.24) is 0 Å². The minimum absolute atomic E-state index is 0.504. The van der Waals surface area contributed by atoms with E-state index in [4.69, 9.17) is 11.0 Å². The Morgan fingerprint density at radius 3 is 2.35 bits per heavy atom. The smallest absolute Gasteiger partial charge is 0.170 e. The molecule has 2 unspecified atom stereocenters. The van der Waals surface area contributed by atoms with Crippen LogP contribution in [0.3, 0.4) is 0 Å². The Hall–Kier alpha value is -2.09. The third-order valence-electron chi connectivity index (χ3n) is 2.74. The molecule has 2 atom stereocenters. The van der Waals surface area contributed by atoms with Gasteiger partial charge in [-0.1, -0.05) is 30.3 Å². The summed E-state index contributed by atoms with van der Waals surface area (Å²) in [5.41, 5.74) is 6.93. The first-order valence-corrected chi connectivity index (χ1v) is 5.18. The Balaban J connectivity index is 2.64. The number of aliphatic hydroxyl groups is 2. The Morgan fingerprint density at radius 1 is 1.06 bits per heavy atom. The van der Waals surface area contributed by atoms with Crippen molar-refractivity contribution in [2.75, 3.05) is 5.73 Å². The predicted molar refractivity (Wildman–Crippen MR) is 64.9 cm³/mol. The highest BCUT2D eigenvalue weighted by Gasteiger charge is 2.20. The second kappa shape index (κ2) is 4.42. The number of aliphatic hydroxyl groups excluding tert-OH is 2. The highest BCUT2D eigenvalue weighted by Crippen LogP contribution is 2.29. The molecule has 0 aliphatic rings. The molecule has 0 heterocycles. The van der Waals surface area contributed by atoms with Gasteiger partial charge in [-0.3, -0.25) is 0 Å². The van der Waals surface area contributed by atoms with E-state index in [1.807, 2.05) is 18.2 Å². The second-order valence-electron chi connectivity index (χ2n) is 3.81. The Kier molecular flexibility index (Phi) is 2.96. The van der Waals surface area contributed by atoms with E-state index in [2.05, 4.69) is 0 Å². The van der Waals surface area contributed by atoms with E-state index >= 15 is 0 Å². The number of nitrogen functional groups attached to an aromatic ring is 1. The molecule has 4 N–H and O–H groups in total. The van der Waals surface area contributed by atoms with Gasteiger partial charge in [0.15, 0.2) is 6.10 Å². The standard InChI is InChI=1S/C13H12N2O2/c14-7-12(16)13(17)10-5-6-11(15)9-4-2-1-3-8(9)10/h1-6,12-13,16-17H,15H2. The van der Waals surface area contributed by atoms with E-state index in [9.17, 15) is 10.2 Å². The fraction of sp³-hybridized carbons (Fsp3) is 0.154. The van der Waals surface area contributed by atoms with Gasteiger partial charge in [-0.25, -0.2) is 0 Å². The van der Waals surface area contributed by atoms with Crippen LogP contribution in [0, 0.1) is 11.3 Å². The molecule has 86 valence electrons. The summed E-state index contributed by atoms with van der Waals surface area (Å²) >= 11 is 0. The van der Waals surface area contributed by atoms with Crippen molar-refractivity contribution in [3.8, 4) is 6.07 Å². The quantitative estimate of drug-likeness (QED) is 0.534. The third-order valence-corrected chi connectivity index (χ3v) is 2.74. The van der Waals surface area contributed by atoms with E-state index in [0.29, 0.717) is 11.3 Å². The lowest BCUT2D eigenvalue weighted by molar-refractivity contribution is 0.0538.